The van der Waals surface area contributed by atoms with Crippen LogP contribution in [0.4, 0.5) is 0 Å². The van der Waals surface area contributed by atoms with Crippen LogP contribution in [0.5, 0.6) is 34.5 Å². The lowest BCUT2D eigenvalue weighted by Crippen LogP contribution is -2.28. The standard InChI is InChI=1S/C40H41NO10/c1-22(13-14-50-40(2,3)20-35(42)43)21-49-24-11-9-23(10-12-24)39-41-37-36-28-18-33(47-7)32(46-6)16-26(28)25-15-30(44-4)31(45-5)17-27(25)29(36)19-34(48-8)38(37)51-39/h9-12,15-19H,1,13-14,20-21H2,2-8H3,(H,42,43). The van der Waals surface area contributed by atoms with Crippen LogP contribution in [0.2, 0.25) is 0 Å². The first-order valence-corrected chi connectivity index (χ1v) is 16.3. The van der Waals surface area contributed by atoms with Gasteiger partial charge in [-0.15, -0.1) is 0 Å². The molecule has 51 heavy (non-hydrogen) atoms. The van der Waals surface area contributed by atoms with Gasteiger partial charge in [0.1, 0.15) is 17.9 Å². The van der Waals surface area contributed by atoms with E-state index in [0.717, 1.165) is 43.5 Å². The molecule has 11 heteroatoms. The molecule has 0 unspecified atom stereocenters. The minimum Gasteiger partial charge on any atom is -0.493 e. The van der Waals surface area contributed by atoms with Gasteiger partial charge in [0.15, 0.2) is 34.3 Å². The van der Waals surface area contributed by atoms with Crippen molar-refractivity contribution in [1.82, 2.24) is 4.98 Å². The highest BCUT2D eigenvalue weighted by atomic mass is 16.5. The Bertz CT molecular complexity index is 2230. The first-order chi connectivity index (χ1) is 24.5. The summed E-state index contributed by atoms with van der Waals surface area (Å²) in [5, 5.41) is 14.4. The molecule has 1 aromatic heterocycles. The molecular formula is C40H41NO10. The fourth-order valence-corrected chi connectivity index (χ4v) is 6.28. The van der Waals surface area contributed by atoms with Gasteiger partial charge in [0.05, 0.1) is 54.2 Å². The van der Waals surface area contributed by atoms with Crippen LogP contribution in [0.3, 0.4) is 0 Å². The molecule has 0 radical (unpaired) electrons. The summed E-state index contributed by atoms with van der Waals surface area (Å²) in [6, 6.07) is 17.2. The number of aromatic nitrogens is 1. The fourth-order valence-electron chi connectivity index (χ4n) is 6.28. The molecule has 0 aliphatic rings. The Labute approximate surface area is 295 Å². The molecule has 11 nitrogen and oxygen atoms in total. The number of methoxy groups -OCH3 is 5. The molecule has 6 rings (SSSR count). The molecule has 6 aromatic rings. The predicted octanol–water partition coefficient (Wildman–Crippen LogP) is 8.59. The summed E-state index contributed by atoms with van der Waals surface area (Å²) in [5.74, 6) is 3.03. The smallest absolute Gasteiger partial charge is 0.306 e. The SMILES string of the molecule is C=C(CCOC(C)(C)CC(=O)O)COc1ccc(-c2nc3c(o2)c(OC)cc2c4cc(OC)c(OC)cc4c4cc(OC)c(OC)cc4c23)cc1. The molecule has 0 spiro atoms. The highest BCUT2D eigenvalue weighted by Crippen LogP contribution is 2.48. The molecule has 5 aromatic carbocycles. The molecule has 0 aliphatic carbocycles. The Morgan fingerprint density at radius 1 is 0.765 bits per heavy atom. The monoisotopic (exact) mass is 695 g/mol. The number of oxazole rings is 1. The number of ether oxygens (including phenoxy) is 7. The Kier molecular flexibility index (Phi) is 9.84. The normalized spacial score (nSPS) is 11.7. The van der Waals surface area contributed by atoms with Gasteiger partial charge in [0.2, 0.25) is 5.89 Å². The molecule has 0 saturated carbocycles. The first kappa shape index (κ1) is 35.2. The third kappa shape index (κ3) is 6.89. The van der Waals surface area contributed by atoms with E-state index in [2.05, 4.69) is 6.58 Å². The van der Waals surface area contributed by atoms with Gasteiger partial charge in [-0.2, -0.15) is 0 Å². The van der Waals surface area contributed by atoms with Crippen molar-refractivity contribution in [1.29, 1.82) is 0 Å². The summed E-state index contributed by atoms with van der Waals surface area (Å²) in [5.41, 5.74) is 1.94. The summed E-state index contributed by atoms with van der Waals surface area (Å²) >= 11 is 0. The molecule has 0 bridgehead atoms. The molecule has 1 heterocycles. The van der Waals surface area contributed by atoms with Gasteiger partial charge in [-0.3, -0.25) is 4.79 Å². The maximum Gasteiger partial charge on any atom is 0.306 e. The summed E-state index contributed by atoms with van der Waals surface area (Å²) in [4.78, 5) is 16.1. The number of nitrogens with zero attached hydrogens (tertiary/aromatic N) is 1. The number of carboxylic acids is 1. The Morgan fingerprint density at radius 3 is 1.76 bits per heavy atom. The number of benzene rings is 5. The molecule has 0 saturated heterocycles. The van der Waals surface area contributed by atoms with Crippen molar-refractivity contribution in [3.8, 4) is 46.0 Å². The van der Waals surface area contributed by atoms with Gasteiger partial charge in [0, 0.05) is 10.9 Å². The minimum absolute atomic E-state index is 0.0756. The van der Waals surface area contributed by atoms with Gasteiger partial charge in [-0.1, -0.05) is 6.58 Å². The second kappa shape index (κ2) is 14.3. The van der Waals surface area contributed by atoms with Crippen LogP contribution in [0.15, 0.2) is 71.2 Å². The van der Waals surface area contributed by atoms with E-state index in [1.807, 2.05) is 54.6 Å². The van der Waals surface area contributed by atoms with Gasteiger partial charge in [-0.05, 0) is 107 Å². The molecule has 0 aliphatic heterocycles. The van der Waals surface area contributed by atoms with Crippen LogP contribution in [0.25, 0.3) is 54.9 Å². The average Bonchev–Trinajstić information content (AvgIpc) is 3.57. The summed E-state index contributed by atoms with van der Waals surface area (Å²) < 4.78 is 46.8. The molecule has 0 fully saturated rings. The zero-order valence-electron chi connectivity index (χ0n) is 29.8. The van der Waals surface area contributed by atoms with Crippen molar-refractivity contribution in [2.24, 2.45) is 0 Å². The van der Waals surface area contributed by atoms with E-state index in [1.54, 1.807) is 49.4 Å². The van der Waals surface area contributed by atoms with Crippen LogP contribution in [0.1, 0.15) is 26.7 Å². The number of aliphatic carboxylic acids is 1. The minimum atomic E-state index is -0.901. The van der Waals surface area contributed by atoms with E-state index in [4.69, 9.17) is 47.7 Å². The van der Waals surface area contributed by atoms with Crippen molar-refractivity contribution in [2.45, 2.75) is 32.3 Å². The lowest BCUT2D eigenvalue weighted by molar-refractivity contribution is -0.143. The average molecular weight is 696 g/mol. The third-order valence-corrected chi connectivity index (χ3v) is 8.82. The van der Waals surface area contributed by atoms with Crippen LogP contribution in [0, 0.1) is 0 Å². The quantitative estimate of drug-likeness (QED) is 0.0819. The Hall–Kier alpha value is -5.68. The van der Waals surface area contributed by atoms with E-state index in [0.29, 0.717) is 71.1 Å². The number of fused-ring (bicyclic) bond motifs is 8. The number of carbonyl (C=O) groups is 1. The number of hydrogen-bond acceptors (Lipinski definition) is 10. The van der Waals surface area contributed by atoms with E-state index in [9.17, 15) is 4.79 Å². The van der Waals surface area contributed by atoms with Crippen LogP contribution < -0.4 is 28.4 Å². The summed E-state index contributed by atoms with van der Waals surface area (Å²) in [6.07, 6.45) is 0.469. The lowest BCUT2D eigenvalue weighted by Gasteiger charge is -2.23. The van der Waals surface area contributed by atoms with Crippen molar-refractivity contribution >= 4 is 49.4 Å². The van der Waals surface area contributed by atoms with E-state index < -0.39 is 11.6 Å². The molecule has 0 amide bonds. The van der Waals surface area contributed by atoms with E-state index >= 15 is 0 Å². The Balaban J connectivity index is 1.38. The number of carboxylic acid groups (broad SMARTS) is 1. The highest BCUT2D eigenvalue weighted by molar-refractivity contribution is 6.32. The van der Waals surface area contributed by atoms with Crippen molar-refractivity contribution in [3.63, 3.8) is 0 Å². The lowest BCUT2D eigenvalue weighted by atomic mass is 9.92. The number of hydrogen-bond donors (Lipinski definition) is 1. The molecule has 0 atom stereocenters. The summed E-state index contributed by atoms with van der Waals surface area (Å²) in [7, 11) is 8.04. The molecular weight excluding hydrogens is 654 g/mol. The zero-order chi connectivity index (χ0) is 36.4. The summed E-state index contributed by atoms with van der Waals surface area (Å²) in [6.45, 7) is 8.23. The van der Waals surface area contributed by atoms with E-state index in [1.165, 1.54) is 0 Å². The Morgan fingerprint density at radius 2 is 1.25 bits per heavy atom. The van der Waals surface area contributed by atoms with Crippen LogP contribution in [-0.4, -0.2) is 70.4 Å². The highest BCUT2D eigenvalue weighted by Gasteiger charge is 2.24. The second-order valence-corrected chi connectivity index (χ2v) is 12.7. The fraction of sp³-hybridized carbons (Fsp3) is 0.300. The maximum absolute atomic E-state index is 11.0. The number of rotatable bonds is 15. The predicted molar refractivity (Wildman–Crippen MR) is 196 cm³/mol. The first-order valence-electron chi connectivity index (χ1n) is 16.3. The maximum atomic E-state index is 11.0. The third-order valence-electron chi connectivity index (χ3n) is 8.82. The molecule has 1 N–H and O–H groups in total. The van der Waals surface area contributed by atoms with Crippen LogP contribution in [-0.2, 0) is 9.53 Å². The largest absolute Gasteiger partial charge is 0.493 e. The van der Waals surface area contributed by atoms with E-state index in [-0.39, 0.29) is 6.42 Å². The van der Waals surface area contributed by atoms with Gasteiger partial charge in [-0.25, -0.2) is 4.98 Å². The second-order valence-electron chi connectivity index (χ2n) is 12.7. The van der Waals surface area contributed by atoms with Crippen LogP contribution >= 0.6 is 0 Å². The zero-order valence-corrected chi connectivity index (χ0v) is 29.8. The van der Waals surface area contributed by atoms with Crippen molar-refractivity contribution in [2.75, 3.05) is 48.8 Å². The molecule has 266 valence electrons. The topological polar surface area (TPSA) is 128 Å². The van der Waals surface area contributed by atoms with Crippen molar-refractivity contribution < 1.29 is 47.5 Å². The van der Waals surface area contributed by atoms with Crippen molar-refractivity contribution in [3.05, 3.63) is 66.7 Å². The van der Waals surface area contributed by atoms with Gasteiger partial charge in [0.25, 0.3) is 0 Å². The van der Waals surface area contributed by atoms with Gasteiger partial charge < -0.3 is 42.7 Å². The van der Waals surface area contributed by atoms with Gasteiger partial charge >= 0.3 is 5.97 Å².